The molecule has 0 N–H and O–H groups in total. The van der Waals surface area contributed by atoms with Crippen molar-refractivity contribution < 1.29 is 33.3 Å². The maximum Gasteiger partial charge on any atom is 0.222 e. The molecular formula is C27H33NO7. The third kappa shape index (κ3) is 5.01. The zero-order valence-electron chi connectivity index (χ0n) is 20.8. The van der Waals surface area contributed by atoms with Gasteiger partial charge in [-0.3, -0.25) is 9.59 Å². The first-order chi connectivity index (χ1) is 16.9. The second-order valence-corrected chi connectivity index (χ2v) is 8.86. The third-order valence-electron chi connectivity index (χ3n) is 6.78. The van der Waals surface area contributed by atoms with Crippen LogP contribution in [-0.4, -0.2) is 63.2 Å². The normalized spacial score (nSPS) is 16.3. The number of amides is 1. The molecule has 8 nitrogen and oxygen atoms in total. The third-order valence-corrected chi connectivity index (χ3v) is 6.78. The van der Waals surface area contributed by atoms with Crippen LogP contribution in [0, 0.1) is 0 Å². The van der Waals surface area contributed by atoms with E-state index in [1.165, 1.54) is 7.11 Å². The van der Waals surface area contributed by atoms with Gasteiger partial charge in [-0.15, -0.1) is 0 Å². The van der Waals surface area contributed by atoms with Crippen molar-refractivity contribution in [2.24, 2.45) is 0 Å². The summed E-state index contributed by atoms with van der Waals surface area (Å²) in [5.41, 5.74) is 0.895. The summed E-state index contributed by atoms with van der Waals surface area (Å²) in [6.07, 6.45) is 2.48. The Labute approximate surface area is 206 Å². The first-order valence-electron chi connectivity index (χ1n) is 12.0. The quantitative estimate of drug-likeness (QED) is 0.560. The maximum atomic E-state index is 12.9. The van der Waals surface area contributed by atoms with Crippen LogP contribution in [0.3, 0.4) is 0 Å². The van der Waals surface area contributed by atoms with Crippen molar-refractivity contribution in [2.75, 3.05) is 41.0 Å². The van der Waals surface area contributed by atoms with Gasteiger partial charge in [0.25, 0.3) is 0 Å². The highest BCUT2D eigenvalue weighted by Gasteiger charge is 2.45. The Balaban J connectivity index is 1.38. The lowest BCUT2D eigenvalue weighted by molar-refractivity contribution is -0.134. The van der Waals surface area contributed by atoms with E-state index in [2.05, 4.69) is 0 Å². The molecule has 2 aliphatic rings. The van der Waals surface area contributed by atoms with Gasteiger partial charge < -0.3 is 28.6 Å². The van der Waals surface area contributed by atoms with Crippen LogP contribution >= 0.6 is 0 Å². The number of methoxy groups -OCH3 is 3. The molecule has 8 heteroatoms. The smallest absolute Gasteiger partial charge is 0.222 e. The molecule has 0 radical (unpaired) electrons. The number of aryl methyl sites for hydroxylation is 1. The van der Waals surface area contributed by atoms with E-state index in [0.717, 1.165) is 5.56 Å². The monoisotopic (exact) mass is 483 g/mol. The summed E-state index contributed by atoms with van der Waals surface area (Å²) in [4.78, 5) is 27.7. The van der Waals surface area contributed by atoms with Crippen LogP contribution in [-0.2, 0) is 11.2 Å². The lowest BCUT2D eigenvalue weighted by Crippen LogP contribution is -2.52. The number of benzene rings is 2. The molecule has 2 aliphatic heterocycles. The van der Waals surface area contributed by atoms with Crippen LogP contribution in [0.5, 0.6) is 28.7 Å². The molecule has 0 aromatic heterocycles. The Morgan fingerprint density at radius 1 is 1.00 bits per heavy atom. The van der Waals surface area contributed by atoms with Gasteiger partial charge >= 0.3 is 0 Å². The van der Waals surface area contributed by atoms with Crippen molar-refractivity contribution in [1.29, 1.82) is 0 Å². The number of rotatable bonds is 8. The Hall–Kier alpha value is -3.42. The summed E-state index contributed by atoms with van der Waals surface area (Å²) < 4.78 is 28.3. The zero-order chi connectivity index (χ0) is 25.0. The standard InChI is InChI=1S/C27H33NO7/c1-5-34-21-9-6-18(16-23(21)32-3)7-11-24(30)28-14-12-27(13-15-28)17-20(29)19-8-10-22(31-2)26(33-4)25(19)35-27/h6,8-10,16H,5,7,11-15,17H2,1-4H3. The lowest BCUT2D eigenvalue weighted by Gasteiger charge is -2.44. The number of fused-ring (bicyclic) bond motifs is 1. The fraction of sp³-hybridized carbons (Fsp3) is 0.481. The fourth-order valence-corrected chi connectivity index (χ4v) is 4.85. The van der Waals surface area contributed by atoms with Crippen molar-refractivity contribution in [1.82, 2.24) is 4.90 Å². The molecule has 1 saturated heterocycles. The number of ketones is 1. The predicted molar refractivity (Wildman–Crippen MR) is 130 cm³/mol. The molecule has 0 bridgehead atoms. The van der Waals surface area contributed by atoms with E-state index in [4.69, 9.17) is 23.7 Å². The van der Waals surface area contributed by atoms with E-state index in [9.17, 15) is 9.59 Å². The first kappa shape index (κ1) is 24.7. The number of ether oxygens (including phenoxy) is 5. The minimum Gasteiger partial charge on any atom is -0.493 e. The first-order valence-corrected chi connectivity index (χ1v) is 12.0. The topological polar surface area (TPSA) is 83.5 Å². The molecule has 4 rings (SSSR count). The highest BCUT2D eigenvalue weighted by Crippen LogP contribution is 2.47. The van der Waals surface area contributed by atoms with Gasteiger partial charge in [0.2, 0.25) is 11.7 Å². The van der Waals surface area contributed by atoms with Crippen LogP contribution in [0.2, 0.25) is 0 Å². The number of likely N-dealkylation sites (tertiary alicyclic amines) is 1. The molecule has 2 aromatic carbocycles. The fourth-order valence-electron chi connectivity index (χ4n) is 4.85. The minimum absolute atomic E-state index is 0.0245. The number of nitrogens with zero attached hydrogens (tertiary/aromatic N) is 1. The summed E-state index contributed by atoms with van der Waals surface area (Å²) in [5, 5.41) is 0. The van der Waals surface area contributed by atoms with Gasteiger partial charge in [0, 0.05) is 32.4 Å². The number of hydrogen-bond donors (Lipinski definition) is 0. The van der Waals surface area contributed by atoms with E-state index in [-0.39, 0.29) is 11.7 Å². The Kier molecular flexibility index (Phi) is 7.38. The van der Waals surface area contributed by atoms with Crippen LogP contribution in [0.25, 0.3) is 0 Å². The molecule has 1 fully saturated rings. The molecule has 0 saturated carbocycles. The summed E-state index contributed by atoms with van der Waals surface area (Å²) in [5.74, 6) is 2.88. The molecular weight excluding hydrogens is 450 g/mol. The summed E-state index contributed by atoms with van der Waals surface area (Å²) in [6, 6.07) is 9.21. The molecule has 1 spiro atoms. The maximum absolute atomic E-state index is 12.9. The SMILES string of the molecule is CCOc1ccc(CCC(=O)N2CCC3(CC2)CC(=O)c2ccc(OC)c(OC)c2O3)cc1OC. The van der Waals surface area contributed by atoms with Crippen LogP contribution in [0.1, 0.15) is 48.5 Å². The van der Waals surface area contributed by atoms with Crippen molar-refractivity contribution >= 4 is 11.7 Å². The largest absolute Gasteiger partial charge is 0.493 e. The van der Waals surface area contributed by atoms with Gasteiger partial charge in [0.15, 0.2) is 28.8 Å². The van der Waals surface area contributed by atoms with Crippen molar-refractivity contribution in [2.45, 2.75) is 44.6 Å². The van der Waals surface area contributed by atoms with Crippen LogP contribution < -0.4 is 23.7 Å². The number of hydrogen-bond acceptors (Lipinski definition) is 7. The van der Waals surface area contributed by atoms with E-state index >= 15 is 0 Å². The second kappa shape index (κ2) is 10.5. The van der Waals surface area contributed by atoms with Crippen LogP contribution in [0.15, 0.2) is 30.3 Å². The average molecular weight is 484 g/mol. The molecule has 0 aliphatic carbocycles. The molecule has 188 valence electrons. The number of piperidine rings is 1. The van der Waals surface area contributed by atoms with Gasteiger partial charge in [-0.25, -0.2) is 0 Å². The van der Waals surface area contributed by atoms with E-state index in [0.29, 0.717) is 86.1 Å². The molecule has 1 amide bonds. The highest BCUT2D eigenvalue weighted by molar-refractivity contribution is 6.01. The number of carbonyl (C=O) groups is 2. The summed E-state index contributed by atoms with van der Waals surface area (Å²) in [6.45, 7) is 3.57. The van der Waals surface area contributed by atoms with Crippen molar-refractivity contribution in [3.05, 3.63) is 41.5 Å². The molecule has 2 heterocycles. The second-order valence-electron chi connectivity index (χ2n) is 8.86. The average Bonchev–Trinajstić information content (AvgIpc) is 2.87. The molecule has 0 unspecified atom stereocenters. The van der Waals surface area contributed by atoms with Gasteiger partial charge in [0.1, 0.15) is 5.60 Å². The van der Waals surface area contributed by atoms with Gasteiger partial charge in [-0.2, -0.15) is 0 Å². The summed E-state index contributed by atoms with van der Waals surface area (Å²) in [7, 11) is 4.70. The number of Topliss-reactive ketones (excluding diaryl/α,β-unsaturated/α-hetero) is 1. The Morgan fingerprint density at radius 2 is 1.71 bits per heavy atom. The highest BCUT2D eigenvalue weighted by atomic mass is 16.5. The lowest BCUT2D eigenvalue weighted by atomic mass is 9.82. The predicted octanol–water partition coefficient (Wildman–Crippen LogP) is 4.07. The Bertz CT molecular complexity index is 1090. The molecule has 2 aromatic rings. The Morgan fingerprint density at radius 3 is 2.37 bits per heavy atom. The van der Waals surface area contributed by atoms with Crippen molar-refractivity contribution in [3.8, 4) is 28.7 Å². The van der Waals surface area contributed by atoms with Crippen molar-refractivity contribution in [3.63, 3.8) is 0 Å². The van der Waals surface area contributed by atoms with Gasteiger partial charge in [-0.1, -0.05) is 6.07 Å². The van der Waals surface area contributed by atoms with Crippen LogP contribution in [0.4, 0.5) is 0 Å². The number of carbonyl (C=O) groups excluding carboxylic acids is 2. The van der Waals surface area contributed by atoms with Gasteiger partial charge in [0.05, 0.1) is 39.9 Å². The minimum atomic E-state index is -0.636. The molecule has 35 heavy (non-hydrogen) atoms. The van der Waals surface area contributed by atoms with Gasteiger partial charge in [-0.05, 0) is 43.2 Å². The summed E-state index contributed by atoms with van der Waals surface area (Å²) >= 11 is 0. The van der Waals surface area contributed by atoms with E-state index in [1.54, 1.807) is 26.4 Å². The molecule has 0 atom stereocenters. The van der Waals surface area contributed by atoms with E-state index < -0.39 is 5.60 Å². The zero-order valence-corrected chi connectivity index (χ0v) is 20.8. The van der Waals surface area contributed by atoms with E-state index in [1.807, 2.05) is 30.0 Å².